The molecule has 1 saturated heterocycles. The van der Waals surface area contributed by atoms with Gasteiger partial charge in [-0.25, -0.2) is 0 Å². The summed E-state index contributed by atoms with van der Waals surface area (Å²) in [5.41, 5.74) is 0. The molecule has 2 aliphatic rings. The monoisotopic (exact) mass is 434 g/mol. The molecule has 2 aliphatic heterocycles. The van der Waals surface area contributed by atoms with Crippen molar-refractivity contribution in [2.45, 2.75) is 38.8 Å². The van der Waals surface area contributed by atoms with Crippen molar-refractivity contribution in [1.29, 1.82) is 0 Å². The molecule has 1 atom stereocenters. The average molecular weight is 434 g/mol. The lowest BCUT2D eigenvalue weighted by Crippen LogP contribution is -2.40. The number of aromatic nitrogens is 3. The van der Waals surface area contributed by atoms with Crippen molar-refractivity contribution in [3.8, 4) is 0 Å². The summed E-state index contributed by atoms with van der Waals surface area (Å²) in [5, 5.41) is 12.1. The van der Waals surface area contributed by atoms with E-state index in [1.165, 1.54) is 12.8 Å². The van der Waals surface area contributed by atoms with Crippen LogP contribution in [0.4, 0.5) is 0 Å². The van der Waals surface area contributed by atoms with E-state index >= 15 is 0 Å². The first-order valence-corrected chi connectivity index (χ1v) is 8.17. The van der Waals surface area contributed by atoms with E-state index in [0.717, 1.165) is 56.7 Å². The molecule has 130 valence electrons. The second-order valence-electron chi connectivity index (χ2n) is 6.10. The van der Waals surface area contributed by atoms with Crippen molar-refractivity contribution >= 4 is 29.9 Å². The largest absolute Gasteiger partial charge is 0.384 e. The Morgan fingerprint density at radius 3 is 3.00 bits per heavy atom. The molecule has 0 spiro atoms. The molecule has 3 heterocycles. The standard InChI is InChI=1S/C15H26N6O.HI/c1-16-15(20-8-6-12(10-20)11-22-2)17-9-14-19-18-13-5-3-4-7-21(13)14;/h12H,3-11H2,1-2H3,(H,16,17);1H. The van der Waals surface area contributed by atoms with Gasteiger partial charge in [-0.1, -0.05) is 0 Å². The van der Waals surface area contributed by atoms with Gasteiger partial charge in [0.2, 0.25) is 0 Å². The third-order valence-corrected chi connectivity index (χ3v) is 4.54. The number of methoxy groups -OCH3 is 1. The summed E-state index contributed by atoms with van der Waals surface area (Å²) >= 11 is 0. The smallest absolute Gasteiger partial charge is 0.194 e. The van der Waals surface area contributed by atoms with Gasteiger partial charge in [0.1, 0.15) is 5.82 Å². The van der Waals surface area contributed by atoms with Crippen molar-refractivity contribution in [1.82, 2.24) is 25.0 Å². The average Bonchev–Trinajstić information content (AvgIpc) is 3.16. The molecule has 1 unspecified atom stereocenters. The molecule has 0 radical (unpaired) electrons. The van der Waals surface area contributed by atoms with Gasteiger partial charge in [-0.3, -0.25) is 4.99 Å². The van der Waals surface area contributed by atoms with Crippen LogP contribution in [0.25, 0.3) is 0 Å². The molecule has 0 bridgehead atoms. The van der Waals surface area contributed by atoms with Crippen LogP contribution < -0.4 is 5.32 Å². The second-order valence-corrected chi connectivity index (χ2v) is 6.10. The van der Waals surface area contributed by atoms with E-state index in [2.05, 4.69) is 30.0 Å². The Balaban J connectivity index is 0.00000192. The van der Waals surface area contributed by atoms with Crippen LogP contribution >= 0.6 is 24.0 Å². The highest BCUT2D eigenvalue weighted by molar-refractivity contribution is 14.0. The zero-order valence-corrected chi connectivity index (χ0v) is 16.3. The fourth-order valence-electron chi connectivity index (χ4n) is 3.39. The highest BCUT2D eigenvalue weighted by atomic mass is 127. The minimum absolute atomic E-state index is 0. The minimum Gasteiger partial charge on any atom is -0.384 e. The summed E-state index contributed by atoms with van der Waals surface area (Å²) in [6.45, 7) is 4.59. The molecule has 0 amide bonds. The van der Waals surface area contributed by atoms with E-state index in [4.69, 9.17) is 4.74 Å². The van der Waals surface area contributed by atoms with Gasteiger partial charge in [-0.15, -0.1) is 34.2 Å². The second kappa shape index (κ2) is 8.81. The lowest BCUT2D eigenvalue weighted by Gasteiger charge is -2.22. The van der Waals surface area contributed by atoms with E-state index in [1.807, 2.05) is 7.05 Å². The Morgan fingerprint density at radius 2 is 2.22 bits per heavy atom. The van der Waals surface area contributed by atoms with E-state index in [1.54, 1.807) is 7.11 Å². The van der Waals surface area contributed by atoms with Crippen LogP contribution in [-0.4, -0.2) is 59.5 Å². The molecule has 8 heteroatoms. The van der Waals surface area contributed by atoms with E-state index < -0.39 is 0 Å². The molecule has 23 heavy (non-hydrogen) atoms. The summed E-state index contributed by atoms with van der Waals surface area (Å²) in [6, 6.07) is 0. The zero-order valence-electron chi connectivity index (χ0n) is 14.0. The number of likely N-dealkylation sites (tertiary alicyclic amines) is 1. The number of guanidine groups is 1. The van der Waals surface area contributed by atoms with Crippen molar-refractivity contribution < 1.29 is 4.74 Å². The van der Waals surface area contributed by atoms with Gasteiger partial charge >= 0.3 is 0 Å². The predicted molar refractivity (Wildman–Crippen MR) is 100 cm³/mol. The lowest BCUT2D eigenvalue weighted by atomic mass is 10.1. The lowest BCUT2D eigenvalue weighted by molar-refractivity contribution is 0.157. The van der Waals surface area contributed by atoms with Crippen LogP contribution in [-0.2, 0) is 24.2 Å². The maximum absolute atomic E-state index is 5.26. The van der Waals surface area contributed by atoms with Gasteiger partial charge in [0.15, 0.2) is 11.8 Å². The van der Waals surface area contributed by atoms with Gasteiger partial charge in [0, 0.05) is 46.1 Å². The number of aryl methyl sites for hydroxylation is 1. The summed E-state index contributed by atoms with van der Waals surface area (Å²) in [4.78, 5) is 6.71. The molecule has 0 saturated carbocycles. The van der Waals surface area contributed by atoms with Crippen LogP contribution in [0.2, 0.25) is 0 Å². The Kier molecular flexibility index (Phi) is 7.07. The van der Waals surface area contributed by atoms with E-state index in [-0.39, 0.29) is 24.0 Å². The highest BCUT2D eigenvalue weighted by Gasteiger charge is 2.25. The van der Waals surface area contributed by atoms with E-state index in [0.29, 0.717) is 12.5 Å². The highest BCUT2D eigenvalue weighted by Crippen LogP contribution is 2.17. The number of fused-ring (bicyclic) bond motifs is 1. The summed E-state index contributed by atoms with van der Waals surface area (Å²) in [7, 11) is 3.61. The van der Waals surface area contributed by atoms with Crippen molar-refractivity contribution in [2.75, 3.05) is 33.9 Å². The Bertz CT molecular complexity index is 532. The molecule has 1 fully saturated rings. The third kappa shape index (κ3) is 4.34. The number of nitrogens with zero attached hydrogens (tertiary/aromatic N) is 5. The molecule has 3 rings (SSSR count). The molecule has 1 aromatic rings. The first kappa shape index (κ1) is 18.4. The fourth-order valence-corrected chi connectivity index (χ4v) is 3.39. The van der Waals surface area contributed by atoms with Crippen LogP contribution in [0.3, 0.4) is 0 Å². The van der Waals surface area contributed by atoms with Crippen LogP contribution in [0, 0.1) is 5.92 Å². The number of hydrogen-bond acceptors (Lipinski definition) is 4. The third-order valence-electron chi connectivity index (χ3n) is 4.54. The number of hydrogen-bond donors (Lipinski definition) is 1. The van der Waals surface area contributed by atoms with Gasteiger partial charge in [0.05, 0.1) is 13.2 Å². The van der Waals surface area contributed by atoms with Crippen molar-refractivity contribution in [3.05, 3.63) is 11.6 Å². The zero-order chi connectivity index (χ0) is 15.4. The summed E-state index contributed by atoms with van der Waals surface area (Å²) in [6.07, 6.45) is 4.65. The number of rotatable bonds is 4. The maximum Gasteiger partial charge on any atom is 0.194 e. The molecular weight excluding hydrogens is 407 g/mol. The minimum atomic E-state index is 0. The number of aliphatic imine (C=N–C) groups is 1. The van der Waals surface area contributed by atoms with Crippen LogP contribution in [0.15, 0.2) is 4.99 Å². The first-order chi connectivity index (χ1) is 10.8. The quantitative estimate of drug-likeness (QED) is 0.440. The Labute approximate surface area is 154 Å². The molecule has 0 aliphatic carbocycles. The maximum atomic E-state index is 5.26. The van der Waals surface area contributed by atoms with Crippen molar-refractivity contribution in [2.24, 2.45) is 10.9 Å². The Hall–Kier alpha value is -0.900. The fraction of sp³-hybridized carbons (Fsp3) is 0.800. The van der Waals surface area contributed by atoms with E-state index in [9.17, 15) is 0 Å². The Morgan fingerprint density at radius 1 is 1.35 bits per heavy atom. The summed E-state index contributed by atoms with van der Waals surface area (Å²) < 4.78 is 7.51. The first-order valence-electron chi connectivity index (χ1n) is 8.17. The topological polar surface area (TPSA) is 67.6 Å². The van der Waals surface area contributed by atoms with Gasteiger partial charge in [0.25, 0.3) is 0 Å². The SMILES string of the molecule is CN=C(NCc1nnc2n1CCCC2)N1CCC(COC)C1.I. The molecule has 1 N–H and O–H groups in total. The van der Waals surface area contributed by atoms with Gasteiger partial charge < -0.3 is 19.5 Å². The summed E-state index contributed by atoms with van der Waals surface area (Å²) in [5.74, 6) is 3.69. The normalized spacial score (nSPS) is 21.0. The predicted octanol–water partition coefficient (Wildman–Crippen LogP) is 1.28. The van der Waals surface area contributed by atoms with Crippen molar-refractivity contribution in [3.63, 3.8) is 0 Å². The van der Waals surface area contributed by atoms with Gasteiger partial charge in [-0.05, 0) is 19.3 Å². The molecular formula is C15H27IN6O. The van der Waals surface area contributed by atoms with Gasteiger partial charge in [-0.2, -0.15) is 0 Å². The molecule has 1 aromatic heterocycles. The van der Waals surface area contributed by atoms with Crippen LogP contribution in [0.5, 0.6) is 0 Å². The molecule has 7 nitrogen and oxygen atoms in total. The van der Waals surface area contributed by atoms with Crippen LogP contribution in [0.1, 0.15) is 30.9 Å². The number of halogens is 1. The number of ether oxygens (including phenoxy) is 1. The number of nitrogens with one attached hydrogen (secondary N) is 1. The molecule has 0 aromatic carbocycles.